The minimum Gasteiger partial charge on any atom is -0.140 e. The van der Waals surface area contributed by atoms with Crippen LogP contribution in [0.25, 0.3) is 21.7 Å². The molecule has 0 N–H and O–H groups in total. The molecular weight excluding hydrogens is 356 g/mol. The van der Waals surface area contributed by atoms with Gasteiger partial charge >= 0.3 is 0 Å². The molecule has 0 nitrogen and oxygen atoms in total. The fourth-order valence-corrected chi connectivity index (χ4v) is 6.88. The first-order valence-corrected chi connectivity index (χ1v) is 11.2. The summed E-state index contributed by atoms with van der Waals surface area (Å²) in [6, 6.07) is 16.2. The molecule has 3 aliphatic rings. The molecule has 0 radical (unpaired) electrons. The predicted octanol–water partition coefficient (Wildman–Crippen LogP) is 7.65. The zero-order valence-corrected chi connectivity index (χ0v) is 17.3. The van der Waals surface area contributed by atoms with Crippen LogP contribution in [0.5, 0.6) is 0 Å². The number of hydrogen-bond donors (Lipinski definition) is 0. The van der Waals surface area contributed by atoms with Gasteiger partial charge < -0.3 is 0 Å². The standard InChI is InChI=1S/C27H24S/c1-27(2)23-12-5-3-8-19(23)22-11-7-10-18(26(22)27)17-14-15-21-20-9-4-6-13-24(20)28-25(21)16-17/h3-5,7-9,11-12,14-16,18H,6,10,13H2,1-2H3. The molecule has 1 aromatic heterocycles. The van der Waals surface area contributed by atoms with E-state index in [0.717, 1.165) is 6.42 Å². The van der Waals surface area contributed by atoms with Gasteiger partial charge in [0.05, 0.1) is 0 Å². The van der Waals surface area contributed by atoms with Gasteiger partial charge in [0.25, 0.3) is 0 Å². The molecule has 1 heterocycles. The third-order valence-electron chi connectivity index (χ3n) is 6.91. The molecule has 6 rings (SSSR count). The van der Waals surface area contributed by atoms with Crippen LogP contribution in [0.1, 0.15) is 59.7 Å². The van der Waals surface area contributed by atoms with Gasteiger partial charge in [0.1, 0.15) is 0 Å². The predicted molar refractivity (Wildman–Crippen MR) is 122 cm³/mol. The molecule has 3 aliphatic carbocycles. The number of fused-ring (bicyclic) bond motifs is 5. The van der Waals surface area contributed by atoms with Crippen molar-refractivity contribution >= 4 is 33.1 Å². The van der Waals surface area contributed by atoms with Crippen LogP contribution in [0.4, 0.5) is 0 Å². The Morgan fingerprint density at radius 2 is 1.89 bits per heavy atom. The normalized spacial score (nSPS) is 21.7. The number of hydrogen-bond acceptors (Lipinski definition) is 1. The molecule has 1 atom stereocenters. The quantitative estimate of drug-likeness (QED) is 0.407. The van der Waals surface area contributed by atoms with Crippen molar-refractivity contribution in [2.24, 2.45) is 0 Å². The van der Waals surface area contributed by atoms with E-state index in [0.29, 0.717) is 5.92 Å². The first-order chi connectivity index (χ1) is 13.6. The smallest absolute Gasteiger partial charge is 0.0354 e. The van der Waals surface area contributed by atoms with Gasteiger partial charge in [-0.15, -0.1) is 11.3 Å². The van der Waals surface area contributed by atoms with Gasteiger partial charge in [-0.3, -0.25) is 0 Å². The molecule has 0 amide bonds. The molecule has 2 aromatic carbocycles. The lowest BCUT2D eigenvalue weighted by Crippen LogP contribution is -2.22. The summed E-state index contributed by atoms with van der Waals surface area (Å²) in [5.74, 6) is 0.474. The Morgan fingerprint density at radius 1 is 1.00 bits per heavy atom. The molecule has 1 heteroatoms. The summed E-state index contributed by atoms with van der Waals surface area (Å²) < 4.78 is 1.46. The molecule has 0 bridgehead atoms. The third kappa shape index (κ3) is 2.17. The third-order valence-corrected chi connectivity index (χ3v) is 8.14. The first-order valence-electron chi connectivity index (χ1n) is 10.4. The van der Waals surface area contributed by atoms with Gasteiger partial charge in [0.15, 0.2) is 0 Å². The van der Waals surface area contributed by atoms with Crippen LogP contribution in [0, 0.1) is 0 Å². The van der Waals surface area contributed by atoms with Crippen molar-refractivity contribution in [1.82, 2.24) is 0 Å². The molecule has 0 fully saturated rings. The highest BCUT2D eigenvalue weighted by Crippen LogP contribution is 2.55. The van der Waals surface area contributed by atoms with Crippen LogP contribution in [-0.4, -0.2) is 0 Å². The van der Waals surface area contributed by atoms with Gasteiger partial charge in [0.2, 0.25) is 0 Å². The van der Waals surface area contributed by atoms with E-state index in [4.69, 9.17) is 0 Å². The van der Waals surface area contributed by atoms with Crippen LogP contribution in [-0.2, 0) is 11.8 Å². The minimum absolute atomic E-state index is 0.0910. The fraction of sp³-hybridized carbons (Fsp3) is 0.259. The number of rotatable bonds is 1. The van der Waals surface area contributed by atoms with E-state index < -0.39 is 0 Å². The fourth-order valence-electron chi connectivity index (χ4n) is 5.62. The van der Waals surface area contributed by atoms with E-state index in [-0.39, 0.29) is 5.41 Å². The van der Waals surface area contributed by atoms with Crippen LogP contribution in [0.3, 0.4) is 0 Å². The second-order valence-electron chi connectivity index (χ2n) is 8.82. The maximum absolute atomic E-state index is 2.49. The summed E-state index contributed by atoms with van der Waals surface area (Å²) in [7, 11) is 0. The molecule has 1 unspecified atom stereocenters. The number of allylic oxidation sites excluding steroid dienone is 5. The highest BCUT2D eigenvalue weighted by molar-refractivity contribution is 7.19. The van der Waals surface area contributed by atoms with Crippen molar-refractivity contribution in [2.45, 2.75) is 44.4 Å². The maximum Gasteiger partial charge on any atom is 0.0354 e. The number of benzene rings is 2. The summed E-state index contributed by atoms with van der Waals surface area (Å²) >= 11 is 2.01. The second-order valence-corrected chi connectivity index (χ2v) is 9.96. The molecule has 0 saturated heterocycles. The van der Waals surface area contributed by atoms with Crippen molar-refractivity contribution in [1.29, 1.82) is 0 Å². The Bertz CT molecular complexity index is 1210. The van der Waals surface area contributed by atoms with Crippen LogP contribution < -0.4 is 0 Å². The molecular formula is C27H24S. The zero-order valence-electron chi connectivity index (χ0n) is 16.5. The molecule has 138 valence electrons. The van der Waals surface area contributed by atoms with E-state index in [9.17, 15) is 0 Å². The lowest BCUT2D eigenvalue weighted by atomic mass is 9.71. The molecule has 3 aromatic rings. The molecule has 0 aliphatic heterocycles. The van der Waals surface area contributed by atoms with Crippen molar-refractivity contribution in [3.8, 4) is 0 Å². The topological polar surface area (TPSA) is 0 Å². The molecule has 28 heavy (non-hydrogen) atoms. The largest absolute Gasteiger partial charge is 0.140 e. The van der Waals surface area contributed by atoms with Crippen molar-refractivity contribution in [3.63, 3.8) is 0 Å². The van der Waals surface area contributed by atoms with E-state index in [2.05, 4.69) is 80.6 Å². The average molecular weight is 381 g/mol. The van der Waals surface area contributed by atoms with Gasteiger partial charge in [-0.25, -0.2) is 0 Å². The minimum atomic E-state index is 0.0910. The summed E-state index contributed by atoms with van der Waals surface area (Å²) in [5, 5.41) is 1.44. The van der Waals surface area contributed by atoms with Gasteiger partial charge in [-0.2, -0.15) is 0 Å². The zero-order chi connectivity index (χ0) is 18.9. The van der Waals surface area contributed by atoms with E-state index in [1.807, 2.05) is 11.3 Å². The Hall–Kier alpha value is -2.38. The Kier molecular flexibility index (Phi) is 3.44. The summed E-state index contributed by atoms with van der Waals surface area (Å²) in [6.45, 7) is 4.82. The van der Waals surface area contributed by atoms with Gasteiger partial charge in [-0.1, -0.05) is 74.5 Å². The monoisotopic (exact) mass is 380 g/mol. The van der Waals surface area contributed by atoms with Crippen molar-refractivity contribution < 1.29 is 0 Å². The van der Waals surface area contributed by atoms with Crippen molar-refractivity contribution in [3.05, 3.63) is 93.4 Å². The van der Waals surface area contributed by atoms with Crippen LogP contribution in [0.2, 0.25) is 0 Å². The highest BCUT2D eigenvalue weighted by Gasteiger charge is 2.41. The van der Waals surface area contributed by atoms with Crippen LogP contribution in [0.15, 0.2) is 66.3 Å². The van der Waals surface area contributed by atoms with E-state index >= 15 is 0 Å². The Labute approximate surface area is 170 Å². The lowest BCUT2D eigenvalue weighted by Gasteiger charge is -2.32. The Morgan fingerprint density at radius 3 is 2.82 bits per heavy atom. The second kappa shape index (κ2) is 5.81. The van der Waals surface area contributed by atoms with E-state index in [1.54, 1.807) is 10.5 Å². The molecule has 0 spiro atoms. The maximum atomic E-state index is 2.49. The van der Waals surface area contributed by atoms with Gasteiger partial charge in [-0.05, 0) is 64.1 Å². The molecule has 0 saturated carbocycles. The Balaban J connectivity index is 1.51. The van der Waals surface area contributed by atoms with Gasteiger partial charge in [0, 0.05) is 20.9 Å². The summed E-state index contributed by atoms with van der Waals surface area (Å²) in [4.78, 5) is 1.56. The van der Waals surface area contributed by atoms with E-state index in [1.165, 1.54) is 50.8 Å². The van der Waals surface area contributed by atoms with Crippen LogP contribution >= 0.6 is 11.3 Å². The number of thiophene rings is 1. The summed E-state index contributed by atoms with van der Waals surface area (Å²) in [5.41, 5.74) is 9.02. The summed E-state index contributed by atoms with van der Waals surface area (Å²) in [6.07, 6.45) is 12.9. The SMILES string of the molecule is CC1(C)C2=C(C=CCC2c2ccc3c4c(sc3c2)CCC=C4)c2ccccc21. The van der Waals surface area contributed by atoms with Crippen molar-refractivity contribution in [2.75, 3.05) is 0 Å². The average Bonchev–Trinajstić information content (AvgIpc) is 3.21. The lowest BCUT2D eigenvalue weighted by molar-refractivity contribution is 0.573. The number of aryl methyl sites for hydroxylation is 1. The highest BCUT2D eigenvalue weighted by atomic mass is 32.1. The first kappa shape index (κ1) is 16.6.